The fourth-order valence-corrected chi connectivity index (χ4v) is 1.62. The van der Waals surface area contributed by atoms with Crippen LogP contribution in [-0.4, -0.2) is 33.6 Å². The van der Waals surface area contributed by atoms with Crippen LogP contribution in [-0.2, 0) is 6.54 Å². The maximum Gasteiger partial charge on any atom is 0.573 e. The van der Waals surface area contributed by atoms with E-state index in [9.17, 15) is 17.6 Å². The van der Waals surface area contributed by atoms with Gasteiger partial charge in [0.15, 0.2) is 11.6 Å². The summed E-state index contributed by atoms with van der Waals surface area (Å²) in [5.41, 5.74) is 0.179. The Bertz CT molecular complexity index is 584. The van der Waals surface area contributed by atoms with Gasteiger partial charge in [0.05, 0.1) is 5.69 Å². The van der Waals surface area contributed by atoms with Crippen LogP contribution in [0, 0.1) is 5.82 Å². The lowest BCUT2D eigenvalue weighted by Gasteiger charge is -2.14. The van der Waals surface area contributed by atoms with E-state index in [0.29, 0.717) is 0 Å². The Morgan fingerprint density at radius 2 is 2.10 bits per heavy atom. The number of aromatic nitrogens is 4. The Balaban J connectivity index is 2.48. The van der Waals surface area contributed by atoms with Crippen molar-refractivity contribution >= 4 is 0 Å². The van der Waals surface area contributed by atoms with Crippen molar-refractivity contribution in [3.8, 4) is 11.4 Å². The summed E-state index contributed by atoms with van der Waals surface area (Å²) in [5.74, 6) is -2.02. The largest absolute Gasteiger partial charge is 0.573 e. The molecule has 0 bridgehead atoms. The molecule has 10 heteroatoms. The number of ether oxygens (including phenoxy) is 1. The van der Waals surface area contributed by atoms with Crippen molar-refractivity contribution < 1.29 is 22.3 Å². The predicted molar refractivity (Wildman–Crippen MR) is 58.6 cm³/mol. The van der Waals surface area contributed by atoms with E-state index in [1.54, 1.807) is 0 Å². The Labute approximate surface area is 110 Å². The molecule has 0 aliphatic carbocycles. The van der Waals surface area contributed by atoms with Gasteiger partial charge in [-0.1, -0.05) is 0 Å². The summed E-state index contributed by atoms with van der Waals surface area (Å²) in [5, 5.41) is 13.0. The van der Waals surface area contributed by atoms with Crippen LogP contribution in [0.3, 0.4) is 0 Å². The monoisotopic (exact) mass is 291 g/mol. The van der Waals surface area contributed by atoms with E-state index in [2.05, 4.69) is 25.6 Å². The smallest absolute Gasteiger partial charge is 0.403 e. The third-order valence-corrected chi connectivity index (χ3v) is 2.36. The molecular formula is C10H9F4N5O. The first-order valence-corrected chi connectivity index (χ1v) is 5.37. The zero-order valence-corrected chi connectivity index (χ0v) is 10.1. The van der Waals surface area contributed by atoms with Crippen LogP contribution in [0.2, 0.25) is 0 Å². The minimum Gasteiger partial charge on any atom is -0.403 e. The molecule has 1 aromatic carbocycles. The minimum atomic E-state index is -4.96. The van der Waals surface area contributed by atoms with Gasteiger partial charge >= 0.3 is 6.36 Å². The number of benzene rings is 1. The first kappa shape index (κ1) is 14.2. The summed E-state index contributed by atoms with van der Waals surface area (Å²) < 4.78 is 55.4. The molecule has 0 saturated heterocycles. The zero-order chi connectivity index (χ0) is 14.8. The SMILES string of the molecule is CNCc1c(-n2cnnn2)ccc(OC(F)(F)F)c1F. The molecule has 2 aromatic rings. The van der Waals surface area contributed by atoms with E-state index in [-0.39, 0.29) is 17.8 Å². The topological polar surface area (TPSA) is 64.9 Å². The van der Waals surface area contributed by atoms with Crippen LogP contribution in [0.15, 0.2) is 18.5 Å². The third-order valence-electron chi connectivity index (χ3n) is 2.36. The Hall–Kier alpha value is -2.23. The molecule has 1 heterocycles. The predicted octanol–water partition coefficient (Wildman–Crippen LogP) is 1.42. The van der Waals surface area contributed by atoms with Gasteiger partial charge < -0.3 is 10.1 Å². The minimum absolute atomic E-state index is 0.0178. The van der Waals surface area contributed by atoms with Crippen LogP contribution in [0.1, 0.15) is 5.56 Å². The molecule has 0 aliphatic rings. The second-order valence-corrected chi connectivity index (χ2v) is 3.71. The van der Waals surface area contributed by atoms with E-state index in [1.165, 1.54) is 19.4 Å². The van der Waals surface area contributed by atoms with Gasteiger partial charge in [0.2, 0.25) is 0 Å². The molecule has 108 valence electrons. The van der Waals surface area contributed by atoms with Crippen molar-refractivity contribution in [1.29, 1.82) is 0 Å². The second-order valence-electron chi connectivity index (χ2n) is 3.71. The molecule has 1 N–H and O–H groups in total. The molecule has 0 spiro atoms. The molecule has 0 saturated carbocycles. The van der Waals surface area contributed by atoms with E-state index in [0.717, 1.165) is 10.7 Å². The van der Waals surface area contributed by atoms with Crippen LogP contribution >= 0.6 is 0 Å². The lowest BCUT2D eigenvalue weighted by Crippen LogP contribution is -2.19. The zero-order valence-electron chi connectivity index (χ0n) is 10.1. The second kappa shape index (κ2) is 5.41. The summed E-state index contributed by atoms with van der Waals surface area (Å²) in [6.45, 7) is -0.0178. The lowest BCUT2D eigenvalue weighted by atomic mass is 10.1. The van der Waals surface area contributed by atoms with Crippen LogP contribution in [0.5, 0.6) is 5.75 Å². The molecule has 0 fully saturated rings. The first-order chi connectivity index (χ1) is 9.42. The number of hydrogen-bond acceptors (Lipinski definition) is 5. The highest BCUT2D eigenvalue weighted by Crippen LogP contribution is 2.30. The van der Waals surface area contributed by atoms with Gasteiger partial charge in [0.1, 0.15) is 6.33 Å². The number of nitrogens with zero attached hydrogens (tertiary/aromatic N) is 4. The van der Waals surface area contributed by atoms with E-state index >= 15 is 0 Å². The van der Waals surface area contributed by atoms with E-state index in [4.69, 9.17) is 0 Å². The molecule has 0 radical (unpaired) electrons. The molecular weight excluding hydrogens is 282 g/mol. The van der Waals surface area contributed by atoms with Gasteiger partial charge in [0.25, 0.3) is 0 Å². The van der Waals surface area contributed by atoms with Crippen molar-refractivity contribution in [3.05, 3.63) is 29.8 Å². The van der Waals surface area contributed by atoms with Crippen molar-refractivity contribution in [3.63, 3.8) is 0 Å². The molecule has 0 atom stereocenters. The Kier molecular flexibility index (Phi) is 3.84. The summed E-state index contributed by atoms with van der Waals surface area (Å²) in [6, 6.07) is 2.12. The molecule has 6 nitrogen and oxygen atoms in total. The number of nitrogens with one attached hydrogen (secondary N) is 1. The third kappa shape index (κ3) is 3.02. The highest BCUT2D eigenvalue weighted by molar-refractivity contribution is 5.46. The van der Waals surface area contributed by atoms with E-state index < -0.39 is 17.9 Å². The van der Waals surface area contributed by atoms with Gasteiger partial charge in [-0.25, -0.2) is 9.07 Å². The molecule has 1 aromatic heterocycles. The van der Waals surface area contributed by atoms with Crippen molar-refractivity contribution in [2.24, 2.45) is 0 Å². The Morgan fingerprint density at radius 1 is 1.35 bits per heavy atom. The maximum atomic E-state index is 14.1. The highest BCUT2D eigenvalue weighted by Gasteiger charge is 2.33. The summed E-state index contributed by atoms with van der Waals surface area (Å²) in [6.07, 6.45) is -3.76. The maximum absolute atomic E-state index is 14.1. The van der Waals surface area contributed by atoms with Gasteiger partial charge in [-0.15, -0.1) is 18.3 Å². The molecule has 0 amide bonds. The highest BCUT2D eigenvalue weighted by atomic mass is 19.4. The summed E-state index contributed by atoms with van der Waals surface area (Å²) >= 11 is 0. The van der Waals surface area contributed by atoms with E-state index in [1.807, 2.05) is 0 Å². The number of hydrogen-bond donors (Lipinski definition) is 1. The number of alkyl halides is 3. The van der Waals surface area contributed by atoms with Crippen LogP contribution in [0.4, 0.5) is 17.6 Å². The van der Waals surface area contributed by atoms with Gasteiger partial charge in [0, 0.05) is 12.1 Å². The molecule has 0 aliphatic heterocycles. The van der Waals surface area contributed by atoms with Gasteiger partial charge in [-0.3, -0.25) is 0 Å². The van der Waals surface area contributed by atoms with Crippen LogP contribution < -0.4 is 10.1 Å². The van der Waals surface area contributed by atoms with Crippen molar-refractivity contribution in [1.82, 2.24) is 25.5 Å². The van der Waals surface area contributed by atoms with Crippen molar-refractivity contribution in [2.45, 2.75) is 12.9 Å². The standard InChI is InChI=1S/C10H9F4N5O/c1-15-4-6-7(19-5-16-17-18-19)2-3-8(9(6)11)20-10(12,13)14/h2-3,5,15H,4H2,1H3. The lowest BCUT2D eigenvalue weighted by molar-refractivity contribution is -0.275. The van der Waals surface area contributed by atoms with Gasteiger partial charge in [-0.05, 0) is 29.6 Å². The van der Waals surface area contributed by atoms with Crippen molar-refractivity contribution in [2.75, 3.05) is 7.05 Å². The van der Waals surface area contributed by atoms with Gasteiger partial charge in [-0.2, -0.15) is 0 Å². The normalized spacial score (nSPS) is 11.7. The van der Waals surface area contributed by atoms with Crippen LogP contribution in [0.25, 0.3) is 5.69 Å². The number of rotatable bonds is 4. The Morgan fingerprint density at radius 3 is 2.65 bits per heavy atom. The summed E-state index contributed by atoms with van der Waals surface area (Å²) in [4.78, 5) is 0. The fraction of sp³-hybridized carbons (Fsp3) is 0.300. The average molecular weight is 291 g/mol. The number of tetrazole rings is 1. The number of halogens is 4. The quantitative estimate of drug-likeness (QED) is 0.863. The average Bonchev–Trinajstić information content (AvgIpc) is 2.86. The molecule has 20 heavy (non-hydrogen) atoms. The molecule has 2 rings (SSSR count). The molecule has 0 unspecified atom stereocenters. The fourth-order valence-electron chi connectivity index (χ4n) is 1.62. The first-order valence-electron chi connectivity index (χ1n) is 5.37. The summed E-state index contributed by atoms with van der Waals surface area (Å²) in [7, 11) is 1.53.